The maximum Gasteiger partial charge on any atom is 0.341 e. The van der Waals surface area contributed by atoms with E-state index in [1.807, 2.05) is 0 Å². The van der Waals surface area contributed by atoms with Crippen LogP contribution < -0.4 is 0 Å². The van der Waals surface area contributed by atoms with Gasteiger partial charge in [0.1, 0.15) is 4.90 Å². The molecule has 0 atom stereocenters. The molecular weight excluding hydrogens is 454 g/mol. The number of aryl methyl sites for hydroxylation is 2. The number of nitrogens with one attached hydrogen (secondary N) is 1. The molecule has 0 unspecified atom stereocenters. The van der Waals surface area contributed by atoms with Crippen LogP contribution in [-0.2, 0) is 19.9 Å². The summed E-state index contributed by atoms with van der Waals surface area (Å²) in [6.45, 7) is 3.43. The van der Waals surface area contributed by atoms with E-state index in [4.69, 9.17) is 0 Å². The quantitative estimate of drug-likeness (QED) is 0.699. The number of nitrogens with zero attached hydrogens (tertiary/aromatic N) is 3. The van der Waals surface area contributed by atoms with Crippen LogP contribution in [0.15, 0.2) is 34.1 Å². The molecule has 3 rings (SSSR count). The predicted octanol–water partition coefficient (Wildman–Crippen LogP) is 1.56. The molecular formula is C18H22F2N4O5S2. The number of hydrogen-bond donors (Lipinski definition) is 1. The zero-order valence-corrected chi connectivity index (χ0v) is 18.5. The van der Waals surface area contributed by atoms with Crippen molar-refractivity contribution in [1.82, 2.24) is 19.4 Å². The molecule has 31 heavy (non-hydrogen) atoms. The van der Waals surface area contributed by atoms with Crippen LogP contribution in [0.3, 0.4) is 0 Å². The Kier molecular flexibility index (Phi) is 6.48. The van der Waals surface area contributed by atoms with Crippen LogP contribution in [0, 0.1) is 13.8 Å². The highest BCUT2D eigenvalue weighted by Crippen LogP contribution is 2.26. The minimum atomic E-state index is -4.97. The zero-order chi connectivity index (χ0) is 23.0. The second kappa shape index (κ2) is 8.63. The fraction of sp³-hybridized carbons (Fsp3) is 0.444. The van der Waals surface area contributed by atoms with Crippen molar-refractivity contribution in [2.45, 2.75) is 35.8 Å². The molecule has 0 saturated carbocycles. The smallest absolute Gasteiger partial charge is 0.337 e. The maximum atomic E-state index is 13.0. The average molecular weight is 477 g/mol. The van der Waals surface area contributed by atoms with Crippen molar-refractivity contribution in [3.63, 3.8) is 0 Å². The highest BCUT2D eigenvalue weighted by molar-refractivity contribution is 7.91. The van der Waals surface area contributed by atoms with E-state index in [1.54, 1.807) is 13.8 Å². The van der Waals surface area contributed by atoms with Crippen molar-refractivity contribution in [2.24, 2.45) is 0 Å². The second-order valence-corrected chi connectivity index (χ2v) is 10.9. The number of carbonyl (C=O) groups excluding carboxylic acids is 1. The minimum Gasteiger partial charge on any atom is -0.337 e. The lowest BCUT2D eigenvalue weighted by atomic mass is 10.2. The molecule has 0 aliphatic carbocycles. The topological polar surface area (TPSA) is 121 Å². The number of alkyl halides is 2. The van der Waals surface area contributed by atoms with Crippen molar-refractivity contribution in [1.29, 1.82) is 0 Å². The standard InChI is InChI=1S/C18H22F2N4O5S2/c1-12-16(13(2)22-21-12)31(28,29)24-9-5-8-23(10-11-24)17(25)14-6-3-4-7-15(14)30(26,27)18(19)20/h3-4,6-7,18H,5,8-11H2,1-2H3,(H,21,22). The molecule has 1 aromatic carbocycles. The van der Waals surface area contributed by atoms with E-state index in [0.29, 0.717) is 17.8 Å². The molecule has 9 nitrogen and oxygen atoms in total. The van der Waals surface area contributed by atoms with Gasteiger partial charge < -0.3 is 4.90 Å². The number of amides is 1. The summed E-state index contributed by atoms with van der Waals surface area (Å²) in [6.07, 6.45) is 0.296. The summed E-state index contributed by atoms with van der Waals surface area (Å²) in [4.78, 5) is 13.6. The van der Waals surface area contributed by atoms with Gasteiger partial charge in [-0.15, -0.1) is 0 Å². The number of aromatic nitrogens is 2. The molecule has 1 amide bonds. The molecule has 1 aliphatic heterocycles. The number of halogens is 2. The Morgan fingerprint density at radius 1 is 1.06 bits per heavy atom. The lowest BCUT2D eigenvalue weighted by molar-refractivity contribution is 0.0760. The summed E-state index contributed by atoms with van der Waals surface area (Å²) in [5.41, 5.74) is 0.377. The molecule has 0 spiro atoms. The van der Waals surface area contributed by atoms with Crippen molar-refractivity contribution < 1.29 is 30.4 Å². The molecule has 1 N–H and O–H groups in total. The number of sulfonamides is 1. The van der Waals surface area contributed by atoms with Gasteiger partial charge in [-0.1, -0.05) is 12.1 Å². The number of carbonyl (C=O) groups is 1. The van der Waals surface area contributed by atoms with Gasteiger partial charge in [0.2, 0.25) is 19.9 Å². The Bertz CT molecular complexity index is 1180. The Labute approximate surface area is 179 Å². The first-order valence-corrected chi connectivity index (χ1v) is 12.4. The summed E-state index contributed by atoms with van der Waals surface area (Å²) in [6, 6.07) is 4.79. The van der Waals surface area contributed by atoms with Crippen molar-refractivity contribution in [3.8, 4) is 0 Å². The normalized spacial score (nSPS) is 16.5. The lowest BCUT2D eigenvalue weighted by Crippen LogP contribution is -2.38. The zero-order valence-electron chi connectivity index (χ0n) is 16.9. The molecule has 170 valence electrons. The molecule has 2 heterocycles. The van der Waals surface area contributed by atoms with Crippen molar-refractivity contribution in [3.05, 3.63) is 41.2 Å². The van der Waals surface area contributed by atoms with E-state index in [2.05, 4.69) is 10.2 Å². The van der Waals surface area contributed by atoms with Gasteiger partial charge >= 0.3 is 5.76 Å². The van der Waals surface area contributed by atoms with Crippen LogP contribution in [-0.4, -0.2) is 74.1 Å². The van der Waals surface area contributed by atoms with E-state index >= 15 is 0 Å². The van der Waals surface area contributed by atoms with Crippen LogP contribution in [0.1, 0.15) is 28.2 Å². The third-order valence-electron chi connectivity index (χ3n) is 5.06. The number of aromatic amines is 1. The highest BCUT2D eigenvalue weighted by Gasteiger charge is 2.35. The van der Waals surface area contributed by atoms with E-state index in [1.165, 1.54) is 27.4 Å². The van der Waals surface area contributed by atoms with Gasteiger partial charge in [-0.2, -0.15) is 18.2 Å². The Morgan fingerprint density at radius 2 is 1.74 bits per heavy atom. The van der Waals surface area contributed by atoms with E-state index < -0.39 is 36.4 Å². The second-order valence-electron chi connectivity index (χ2n) is 7.11. The summed E-state index contributed by atoms with van der Waals surface area (Å²) in [7, 11) is -8.82. The molecule has 2 aromatic rings. The number of sulfone groups is 1. The predicted molar refractivity (Wildman–Crippen MR) is 107 cm³/mol. The van der Waals surface area contributed by atoms with E-state index in [0.717, 1.165) is 6.07 Å². The van der Waals surface area contributed by atoms with Gasteiger partial charge in [-0.3, -0.25) is 9.89 Å². The number of hydrogen-bond acceptors (Lipinski definition) is 6. The Morgan fingerprint density at radius 3 is 2.35 bits per heavy atom. The lowest BCUT2D eigenvalue weighted by Gasteiger charge is -2.23. The number of H-pyrrole nitrogens is 1. The molecule has 0 bridgehead atoms. The first-order chi connectivity index (χ1) is 14.5. The molecule has 0 radical (unpaired) electrons. The fourth-order valence-corrected chi connectivity index (χ4v) is 6.27. The van der Waals surface area contributed by atoms with Crippen LogP contribution >= 0.6 is 0 Å². The van der Waals surface area contributed by atoms with Crippen LogP contribution in [0.5, 0.6) is 0 Å². The molecule has 1 saturated heterocycles. The van der Waals surface area contributed by atoms with Crippen molar-refractivity contribution in [2.75, 3.05) is 26.2 Å². The van der Waals surface area contributed by atoms with Gasteiger partial charge in [-0.05, 0) is 32.4 Å². The monoisotopic (exact) mass is 476 g/mol. The minimum absolute atomic E-state index is 0.0168. The van der Waals surface area contributed by atoms with E-state index in [9.17, 15) is 30.4 Å². The van der Waals surface area contributed by atoms with Crippen LogP contribution in [0.4, 0.5) is 8.78 Å². The summed E-state index contributed by atoms with van der Waals surface area (Å²) >= 11 is 0. The summed E-state index contributed by atoms with van der Waals surface area (Å²) < 4.78 is 77.4. The summed E-state index contributed by atoms with van der Waals surface area (Å²) in [5.74, 6) is -4.40. The first kappa shape index (κ1) is 23.3. The van der Waals surface area contributed by atoms with Gasteiger partial charge in [0, 0.05) is 26.2 Å². The van der Waals surface area contributed by atoms with Crippen molar-refractivity contribution >= 4 is 25.8 Å². The van der Waals surface area contributed by atoms with Gasteiger partial charge in [0.25, 0.3) is 5.91 Å². The number of rotatable bonds is 5. The van der Waals surface area contributed by atoms with Gasteiger partial charge in [0.15, 0.2) is 0 Å². The van der Waals surface area contributed by atoms with Crippen LogP contribution in [0.25, 0.3) is 0 Å². The molecule has 13 heteroatoms. The maximum absolute atomic E-state index is 13.0. The SMILES string of the molecule is Cc1n[nH]c(C)c1S(=O)(=O)N1CCCN(C(=O)c2ccccc2S(=O)(=O)C(F)F)CC1. The largest absolute Gasteiger partial charge is 0.341 e. The third kappa shape index (κ3) is 4.34. The first-order valence-electron chi connectivity index (χ1n) is 9.40. The van der Waals surface area contributed by atoms with Gasteiger partial charge in [0.05, 0.1) is 21.8 Å². The molecule has 1 aromatic heterocycles. The fourth-order valence-electron chi connectivity index (χ4n) is 3.54. The average Bonchev–Trinajstić information content (AvgIpc) is 2.92. The van der Waals surface area contributed by atoms with Gasteiger partial charge in [-0.25, -0.2) is 16.8 Å². The summed E-state index contributed by atoms with van der Waals surface area (Å²) in [5, 5.41) is 6.55. The van der Waals surface area contributed by atoms with Crippen LogP contribution in [0.2, 0.25) is 0 Å². The highest BCUT2D eigenvalue weighted by atomic mass is 32.2. The Balaban J connectivity index is 1.85. The third-order valence-corrected chi connectivity index (χ3v) is 8.66. The van der Waals surface area contributed by atoms with E-state index in [-0.39, 0.29) is 36.6 Å². The molecule has 1 fully saturated rings. The molecule has 1 aliphatic rings. The Hall–Kier alpha value is -2.38. The number of benzene rings is 1.